The Morgan fingerprint density at radius 2 is 2.00 bits per heavy atom. The predicted octanol–water partition coefficient (Wildman–Crippen LogP) is 2.45. The summed E-state index contributed by atoms with van der Waals surface area (Å²) in [5, 5.41) is 3.58. The molecule has 102 valence electrons. The highest BCUT2D eigenvalue weighted by Crippen LogP contribution is 2.35. The summed E-state index contributed by atoms with van der Waals surface area (Å²) < 4.78 is 0. The third kappa shape index (κ3) is 2.52. The molecular formula is C16H22N2O. The third-order valence-corrected chi connectivity index (χ3v) is 4.53. The van der Waals surface area contributed by atoms with Crippen LogP contribution in [0.4, 0.5) is 0 Å². The third-order valence-electron chi connectivity index (χ3n) is 4.53. The number of hydrogen-bond acceptors (Lipinski definition) is 2. The second kappa shape index (κ2) is 5.33. The number of benzene rings is 1. The van der Waals surface area contributed by atoms with Gasteiger partial charge in [0, 0.05) is 26.1 Å². The summed E-state index contributed by atoms with van der Waals surface area (Å²) in [6.07, 6.45) is 4.23. The van der Waals surface area contributed by atoms with Crippen LogP contribution in [-0.4, -0.2) is 30.9 Å². The number of carbonyl (C=O) groups excluding carboxylic acids is 1. The minimum Gasteiger partial charge on any atom is -0.346 e. The molecule has 2 heterocycles. The molecule has 1 amide bonds. The summed E-state index contributed by atoms with van der Waals surface area (Å²) in [7, 11) is 1.91. The lowest BCUT2D eigenvalue weighted by Crippen LogP contribution is -2.35. The Kier molecular flexibility index (Phi) is 3.56. The molecular weight excluding hydrogens is 236 g/mol. The van der Waals surface area contributed by atoms with Gasteiger partial charge in [-0.25, -0.2) is 0 Å². The van der Waals surface area contributed by atoms with E-state index >= 15 is 0 Å². The van der Waals surface area contributed by atoms with Gasteiger partial charge in [0.1, 0.15) is 0 Å². The molecule has 3 nitrogen and oxygen atoms in total. The Bertz CT molecular complexity index is 466. The number of amides is 1. The van der Waals surface area contributed by atoms with Gasteiger partial charge in [0.05, 0.1) is 0 Å². The molecule has 1 aromatic rings. The van der Waals surface area contributed by atoms with Crippen LogP contribution in [0.25, 0.3) is 0 Å². The SMILES string of the molecule is CN1CCC(c2ccccc2[C@H]2CCCN2)CC1=O. The molecule has 1 N–H and O–H groups in total. The molecule has 2 saturated heterocycles. The summed E-state index contributed by atoms with van der Waals surface area (Å²) in [6.45, 7) is 2.00. The van der Waals surface area contributed by atoms with Gasteiger partial charge in [-0.05, 0) is 42.9 Å². The van der Waals surface area contributed by atoms with Crippen molar-refractivity contribution in [3.8, 4) is 0 Å². The number of likely N-dealkylation sites (tertiary alicyclic amines) is 1. The molecule has 0 aliphatic carbocycles. The van der Waals surface area contributed by atoms with Crippen molar-refractivity contribution >= 4 is 5.91 Å². The minimum absolute atomic E-state index is 0.283. The van der Waals surface area contributed by atoms with E-state index in [2.05, 4.69) is 29.6 Å². The Morgan fingerprint density at radius 3 is 2.68 bits per heavy atom. The van der Waals surface area contributed by atoms with Gasteiger partial charge in [0.25, 0.3) is 0 Å². The van der Waals surface area contributed by atoms with Crippen molar-refractivity contribution in [3.63, 3.8) is 0 Å². The molecule has 1 aromatic carbocycles. The smallest absolute Gasteiger partial charge is 0.222 e. The largest absolute Gasteiger partial charge is 0.346 e. The van der Waals surface area contributed by atoms with Gasteiger partial charge in [0.2, 0.25) is 5.91 Å². The van der Waals surface area contributed by atoms with Crippen LogP contribution in [0, 0.1) is 0 Å². The van der Waals surface area contributed by atoms with Crippen LogP contribution in [0.5, 0.6) is 0 Å². The van der Waals surface area contributed by atoms with Crippen molar-refractivity contribution < 1.29 is 4.79 Å². The lowest BCUT2D eigenvalue weighted by molar-refractivity contribution is -0.132. The molecule has 0 radical (unpaired) electrons. The Labute approximate surface area is 115 Å². The van der Waals surface area contributed by atoms with E-state index in [-0.39, 0.29) is 5.91 Å². The van der Waals surface area contributed by atoms with Crippen molar-refractivity contribution in [2.24, 2.45) is 0 Å². The zero-order chi connectivity index (χ0) is 13.2. The van der Waals surface area contributed by atoms with Crippen LogP contribution in [0.3, 0.4) is 0 Å². The van der Waals surface area contributed by atoms with Gasteiger partial charge >= 0.3 is 0 Å². The van der Waals surface area contributed by atoms with Gasteiger partial charge in [0.15, 0.2) is 0 Å². The summed E-state index contributed by atoms with van der Waals surface area (Å²) in [4.78, 5) is 13.8. The van der Waals surface area contributed by atoms with E-state index in [9.17, 15) is 4.79 Å². The maximum atomic E-state index is 11.9. The highest BCUT2D eigenvalue weighted by atomic mass is 16.2. The molecule has 0 saturated carbocycles. The first-order valence-corrected chi connectivity index (χ1v) is 7.32. The second-order valence-electron chi connectivity index (χ2n) is 5.78. The summed E-state index contributed by atoms with van der Waals surface area (Å²) >= 11 is 0. The number of nitrogens with zero attached hydrogens (tertiary/aromatic N) is 1. The molecule has 3 heteroatoms. The number of hydrogen-bond donors (Lipinski definition) is 1. The molecule has 0 spiro atoms. The first kappa shape index (κ1) is 12.7. The van der Waals surface area contributed by atoms with Gasteiger partial charge < -0.3 is 10.2 Å². The first-order valence-electron chi connectivity index (χ1n) is 7.32. The van der Waals surface area contributed by atoms with Crippen LogP contribution >= 0.6 is 0 Å². The highest BCUT2D eigenvalue weighted by Gasteiger charge is 2.28. The van der Waals surface area contributed by atoms with Crippen LogP contribution < -0.4 is 5.32 Å². The van der Waals surface area contributed by atoms with Crippen LogP contribution in [0.15, 0.2) is 24.3 Å². The standard InChI is InChI=1S/C16H22N2O/c1-18-10-8-12(11-16(18)19)13-5-2-3-6-14(13)15-7-4-9-17-15/h2-3,5-6,12,15,17H,4,7-11H2,1H3/t12?,15-/m1/s1. The highest BCUT2D eigenvalue weighted by molar-refractivity contribution is 5.77. The summed E-state index contributed by atoms with van der Waals surface area (Å²) in [5.41, 5.74) is 2.81. The zero-order valence-electron chi connectivity index (χ0n) is 11.6. The van der Waals surface area contributed by atoms with Crippen LogP contribution in [0.1, 0.15) is 48.8 Å². The van der Waals surface area contributed by atoms with E-state index in [0.29, 0.717) is 18.4 Å². The molecule has 2 aliphatic heterocycles. The average molecular weight is 258 g/mol. The Hall–Kier alpha value is -1.35. The van der Waals surface area contributed by atoms with Gasteiger partial charge in [-0.1, -0.05) is 24.3 Å². The fraction of sp³-hybridized carbons (Fsp3) is 0.562. The Morgan fingerprint density at radius 1 is 1.21 bits per heavy atom. The predicted molar refractivity (Wildman–Crippen MR) is 76.0 cm³/mol. The monoisotopic (exact) mass is 258 g/mol. The number of nitrogens with one attached hydrogen (secondary N) is 1. The van der Waals surface area contributed by atoms with Gasteiger partial charge in [-0.2, -0.15) is 0 Å². The molecule has 1 unspecified atom stereocenters. The van der Waals surface area contributed by atoms with E-state index in [1.165, 1.54) is 24.0 Å². The van der Waals surface area contributed by atoms with Crippen molar-refractivity contribution in [1.82, 2.24) is 10.2 Å². The van der Waals surface area contributed by atoms with Gasteiger partial charge in [-0.3, -0.25) is 4.79 Å². The Balaban J connectivity index is 1.85. The fourth-order valence-electron chi connectivity index (χ4n) is 3.36. The maximum absolute atomic E-state index is 11.9. The minimum atomic E-state index is 0.283. The van der Waals surface area contributed by atoms with Crippen LogP contribution in [-0.2, 0) is 4.79 Å². The topological polar surface area (TPSA) is 32.3 Å². The van der Waals surface area contributed by atoms with Crippen molar-refractivity contribution in [1.29, 1.82) is 0 Å². The maximum Gasteiger partial charge on any atom is 0.222 e. The quantitative estimate of drug-likeness (QED) is 0.883. The molecule has 0 bridgehead atoms. The lowest BCUT2D eigenvalue weighted by atomic mass is 9.84. The van der Waals surface area contributed by atoms with E-state index in [4.69, 9.17) is 0 Å². The number of rotatable bonds is 2. The zero-order valence-corrected chi connectivity index (χ0v) is 11.6. The molecule has 2 atom stereocenters. The van der Waals surface area contributed by atoms with E-state index in [1.807, 2.05) is 11.9 Å². The normalized spacial score (nSPS) is 27.8. The van der Waals surface area contributed by atoms with E-state index < -0.39 is 0 Å². The van der Waals surface area contributed by atoms with Crippen LogP contribution in [0.2, 0.25) is 0 Å². The fourth-order valence-corrected chi connectivity index (χ4v) is 3.36. The first-order chi connectivity index (χ1) is 9.25. The number of carbonyl (C=O) groups is 1. The number of piperidine rings is 1. The van der Waals surface area contributed by atoms with E-state index in [0.717, 1.165) is 19.5 Å². The van der Waals surface area contributed by atoms with Gasteiger partial charge in [-0.15, -0.1) is 0 Å². The summed E-state index contributed by atoms with van der Waals surface area (Å²) in [6, 6.07) is 9.18. The lowest BCUT2D eigenvalue weighted by Gasteiger charge is -2.31. The van der Waals surface area contributed by atoms with E-state index in [1.54, 1.807) is 0 Å². The van der Waals surface area contributed by atoms with Crippen molar-refractivity contribution in [2.75, 3.05) is 20.1 Å². The van der Waals surface area contributed by atoms with Crippen molar-refractivity contribution in [3.05, 3.63) is 35.4 Å². The molecule has 2 fully saturated rings. The molecule has 2 aliphatic rings. The molecule has 0 aromatic heterocycles. The molecule has 19 heavy (non-hydrogen) atoms. The second-order valence-corrected chi connectivity index (χ2v) is 5.78. The summed E-state index contributed by atoms with van der Waals surface area (Å²) in [5.74, 6) is 0.688. The van der Waals surface area contributed by atoms with Crippen molar-refractivity contribution in [2.45, 2.75) is 37.6 Å². The average Bonchev–Trinajstić information content (AvgIpc) is 2.96. The molecule has 3 rings (SSSR count).